The molecule has 0 aliphatic carbocycles. The van der Waals surface area contributed by atoms with Gasteiger partial charge in [-0.2, -0.15) is 0 Å². The first-order valence-electron chi connectivity index (χ1n) is 6.61. The van der Waals surface area contributed by atoms with Crippen LogP contribution in [0.1, 0.15) is 29.5 Å². The van der Waals surface area contributed by atoms with Crippen molar-refractivity contribution in [2.24, 2.45) is 0 Å². The molecule has 1 aliphatic heterocycles. The molecule has 1 aromatic rings. The van der Waals surface area contributed by atoms with Gasteiger partial charge in [-0.05, 0) is 44.2 Å². The van der Waals surface area contributed by atoms with Crippen LogP contribution in [0.4, 0.5) is 0 Å². The van der Waals surface area contributed by atoms with Crippen molar-refractivity contribution >= 4 is 0 Å². The fourth-order valence-electron chi connectivity index (χ4n) is 2.49. The number of aryl methyl sites for hydroxylation is 2. The summed E-state index contributed by atoms with van der Waals surface area (Å²) in [4.78, 5) is 2.47. The molecule has 0 amide bonds. The topological polar surface area (TPSA) is 23.5 Å². The minimum absolute atomic E-state index is 0.0630. The summed E-state index contributed by atoms with van der Waals surface area (Å²) in [6, 6.07) is 6.69. The highest BCUT2D eigenvalue weighted by Gasteiger charge is 2.16. The monoisotopic (exact) mass is 233 g/mol. The maximum absolute atomic E-state index is 9.47. The van der Waals surface area contributed by atoms with Gasteiger partial charge in [0.2, 0.25) is 0 Å². The quantitative estimate of drug-likeness (QED) is 0.866. The molecule has 0 spiro atoms. The Morgan fingerprint density at radius 3 is 2.65 bits per heavy atom. The third kappa shape index (κ3) is 3.55. The van der Waals surface area contributed by atoms with Crippen LogP contribution in [0.25, 0.3) is 0 Å². The third-order valence-corrected chi connectivity index (χ3v) is 3.76. The first kappa shape index (κ1) is 12.6. The molecule has 1 saturated heterocycles. The summed E-state index contributed by atoms with van der Waals surface area (Å²) in [7, 11) is 0. The number of benzene rings is 1. The van der Waals surface area contributed by atoms with Crippen molar-refractivity contribution in [3.8, 4) is 0 Å². The predicted molar refractivity (Wildman–Crippen MR) is 71.3 cm³/mol. The van der Waals surface area contributed by atoms with Crippen LogP contribution in [0.5, 0.6) is 0 Å². The second kappa shape index (κ2) is 5.65. The second-order valence-electron chi connectivity index (χ2n) is 5.25. The lowest BCUT2D eigenvalue weighted by Gasteiger charge is -2.29. The Balaban J connectivity index is 1.87. The van der Waals surface area contributed by atoms with Gasteiger partial charge in [0.25, 0.3) is 0 Å². The van der Waals surface area contributed by atoms with E-state index in [9.17, 15) is 5.11 Å². The van der Waals surface area contributed by atoms with Gasteiger partial charge in [-0.15, -0.1) is 0 Å². The van der Waals surface area contributed by atoms with Gasteiger partial charge in [0, 0.05) is 19.6 Å². The number of likely N-dealkylation sites (tertiary alicyclic amines) is 1. The molecule has 1 N–H and O–H groups in total. The minimum Gasteiger partial charge on any atom is -0.393 e. The Kier molecular flexibility index (Phi) is 4.19. The zero-order valence-electron chi connectivity index (χ0n) is 10.9. The molecule has 0 atom stereocenters. The average Bonchev–Trinajstić information content (AvgIpc) is 2.32. The number of hydrogen-bond acceptors (Lipinski definition) is 2. The largest absolute Gasteiger partial charge is 0.393 e. The van der Waals surface area contributed by atoms with Crippen molar-refractivity contribution in [3.63, 3.8) is 0 Å². The summed E-state index contributed by atoms with van der Waals surface area (Å²) in [5.41, 5.74) is 4.21. The lowest BCUT2D eigenvalue weighted by Crippen LogP contribution is -2.37. The highest BCUT2D eigenvalue weighted by atomic mass is 16.3. The number of piperidine rings is 1. The van der Waals surface area contributed by atoms with Crippen LogP contribution >= 0.6 is 0 Å². The SMILES string of the molecule is Cc1ccc(C)c(CCN2CCC(O)CC2)c1. The number of aliphatic hydroxyl groups excluding tert-OH is 1. The maximum atomic E-state index is 9.47. The Hall–Kier alpha value is -0.860. The molecule has 0 unspecified atom stereocenters. The van der Waals surface area contributed by atoms with Crippen LogP contribution in [0.3, 0.4) is 0 Å². The molecule has 1 fully saturated rings. The van der Waals surface area contributed by atoms with Crippen molar-refractivity contribution in [2.45, 2.75) is 39.2 Å². The van der Waals surface area contributed by atoms with E-state index in [1.165, 1.54) is 16.7 Å². The van der Waals surface area contributed by atoms with Gasteiger partial charge >= 0.3 is 0 Å². The lowest BCUT2D eigenvalue weighted by atomic mass is 10.0. The predicted octanol–water partition coefficient (Wildman–Crippen LogP) is 2.30. The van der Waals surface area contributed by atoms with E-state index < -0.39 is 0 Å². The Bertz CT molecular complexity index is 367. The third-order valence-electron chi connectivity index (χ3n) is 3.76. The van der Waals surface area contributed by atoms with Crippen LogP contribution in [-0.2, 0) is 6.42 Å². The number of aliphatic hydroxyl groups is 1. The van der Waals surface area contributed by atoms with Crippen molar-refractivity contribution in [3.05, 3.63) is 34.9 Å². The molecule has 2 nitrogen and oxygen atoms in total. The van der Waals surface area contributed by atoms with Gasteiger partial charge in [-0.25, -0.2) is 0 Å². The summed E-state index contributed by atoms with van der Waals surface area (Å²) >= 11 is 0. The Morgan fingerprint density at radius 1 is 1.24 bits per heavy atom. The van der Waals surface area contributed by atoms with Gasteiger partial charge in [-0.3, -0.25) is 0 Å². The first-order chi connectivity index (χ1) is 8.15. The molecule has 1 aromatic carbocycles. The van der Waals surface area contributed by atoms with E-state index >= 15 is 0 Å². The minimum atomic E-state index is -0.0630. The van der Waals surface area contributed by atoms with E-state index in [1.54, 1.807) is 0 Å². The van der Waals surface area contributed by atoms with Crippen LogP contribution in [0.15, 0.2) is 18.2 Å². The zero-order chi connectivity index (χ0) is 12.3. The van der Waals surface area contributed by atoms with Crippen LogP contribution in [0, 0.1) is 13.8 Å². The summed E-state index contributed by atoms with van der Waals surface area (Å²) in [5.74, 6) is 0. The fourth-order valence-corrected chi connectivity index (χ4v) is 2.49. The van der Waals surface area contributed by atoms with Crippen molar-refractivity contribution < 1.29 is 5.11 Å². The van der Waals surface area contributed by atoms with Gasteiger partial charge in [0.05, 0.1) is 6.10 Å². The first-order valence-corrected chi connectivity index (χ1v) is 6.61. The molecule has 0 radical (unpaired) electrons. The zero-order valence-corrected chi connectivity index (χ0v) is 10.9. The summed E-state index contributed by atoms with van der Waals surface area (Å²) in [6.45, 7) is 7.56. The molecule has 1 aliphatic rings. The molecule has 17 heavy (non-hydrogen) atoms. The molecule has 0 saturated carbocycles. The van der Waals surface area contributed by atoms with Crippen molar-refractivity contribution in [2.75, 3.05) is 19.6 Å². The summed E-state index contributed by atoms with van der Waals surface area (Å²) < 4.78 is 0. The standard InChI is InChI=1S/C15H23NO/c1-12-3-4-13(2)14(11-12)5-8-16-9-6-15(17)7-10-16/h3-4,11,15,17H,5-10H2,1-2H3. The molecule has 0 aromatic heterocycles. The second-order valence-corrected chi connectivity index (χ2v) is 5.25. The van der Waals surface area contributed by atoms with Crippen molar-refractivity contribution in [1.82, 2.24) is 4.90 Å². The molecule has 94 valence electrons. The lowest BCUT2D eigenvalue weighted by molar-refractivity contribution is 0.0832. The van der Waals surface area contributed by atoms with Crippen LogP contribution < -0.4 is 0 Å². The van der Waals surface area contributed by atoms with E-state index in [2.05, 4.69) is 36.9 Å². The molecular weight excluding hydrogens is 210 g/mol. The van der Waals surface area contributed by atoms with Gasteiger partial charge in [-0.1, -0.05) is 23.8 Å². The van der Waals surface area contributed by atoms with E-state index in [0.717, 1.165) is 38.9 Å². The Labute approximate surface area is 104 Å². The summed E-state index contributed by atoms with van der Waals surface area (Å²) in [5, 5.41) is 9.47. The normalized spacial score (nSPS) is 18.5. The number of nitrogens with zero attached hydrogens (tertiary/aromatic N) is 1. The Morgan fingerprint density at radius 2 is 1.94 bits per heavy atom. The highest BCUT2D eigenvalue weighted by molar-refractivity contribution is 5.30. The highest BCUT2D eigenvalue weighted by Crippen LogP contribution is 2.14. The molecule has 2 rings (SSSR count). The van der Waals surface area contributed by atoms with Gasteiger partial charge in [0.1, 0.15) is 0 Å². The van der Waals surface area contributed by atoms with E-state index in [-0.39, 0.29) is 6.10 Å². The number of rotatable bonds is 3. The molecular formula is C15H23NO. The van der Waals surface area contributed by atoms with Crippen LogP contribution in [-0.4, -0.2) is 35.7 Å². The molecule has 2 heteroatoms. The van der Waals surface area contributed by atoms with E-state index in [0.29, 0.717) is 0 Å². The maximum Gasteiger partial charge on any atom is 0.0564 e. The van der Waals surface area contributed by atoms with Gasteiger partial charge in [0.15, 0.2) is 0 Å². The fraction of sp³-hybridized carbons (Fsp3) is 0.600. The number of hydrogen-bond donors (Lipinski definition) is 1. The van der Waals surface area contributed by atoms with E-state index in [4.69, 9.17) is 0 Å². The van der Waals surface area contributed by atoms with Crippen LogP contribution in [0.2, 0.25) is 0 Å². The average molecular weight is 233 g/mol. The smallest absolute Gasteiger partial charge is 0.0564 e. The van der Waals surface area contributed by atoms with Crippen molar-refractivity contribution in [1.29, 1.82) is 0 Å². The van der Waals surface area contributed by atoms with Gasteiger partial charge < -0.3 is 10.0 Å². The molecule has 1 heterocycles. The summed E-state index contributed by atoms with van der Waals surface area (Å²) in [6.07, 6.45) is 2.94. The molecule has 0 bridgehead atoms. The van der Waals surface area contributed by atoms with E-state index in [1.807, 2.05) is 0 Å².